The number of urea groups is 1. The van der Waals surface area contributed by atoms with Gasteiger partial charge in [-0.2, -0.15) is 0 Å². The van der Waals surface area contributed by atoms with E-state index >= 15 is 0 Å². The molecule has 1 saturated heterocycles. The van der Waals surface area contributed by atoms with Gasteiger partial charge in [0.15, 0.2) is 0 Å². The van der Waals surface area contributed by atoms with Gasteiger partial charge < -0.3 is 21.1 Å². The summed E-state index contributed by atoms with van der Waals surface area (Å²) in [5, 5.41) is 6.12. The minimum Gasteiger partial charge on any atom is -0.376 e. The number of nitrogens with two attached hydrogens (primary N) is 1. The fraction of sp³-hybridized carbons (Fsp3) is 0.500. The van der Waals surface area contributed by atoms with E-state index in [4.69, 9.17) is 22.1 Å². The number of rotatable bonds is 2. The van der Waals surface area contributed by atoms with Crippen molar-refractivity contribution < 1.29 is 9.53 Å². The van der Waals surface area contributed by atoms with E-state index in [1.54, 1.807) is 12.1 Å². The molecular formula is C14H18ClN3O2. The van der Waals surface area contributed by atoms with Gasteiger partial charge in [0.05, 0.1) is 22.9 Å². The molecule has 1 aromatic rings. The molecule has 1 aliphatic heterocycles. The summed E-state index contributed by atoms with van der Waals surface area (Å²) >= 11 is 6.00. The monoisotopic (exact) mass is 295 g/mol. The number of ether oxygens (including phenoxy) is 1. The molecule has 0 spiro atoms. The highest BCUT2D eigenvalue weighted by Gasteiger charge is 2.51. The highest BCUT2D eigenvalue weighted by molar-refractivity contribution is 6.33. The Kier molecular flexibility index (Phi) is 3.83. The molecule has 1 aliphatic carbocycles. The Balaban J connectivity index is 1.58. The quantitative estimate of drug-likeness (QED) is 0.781. The SMILES string of the molecule is NC1C2CCCOC2C1NC(=O)Nc1ccccc1Cl. The van der Waals surface area contributed by atoms with Crippen LogP contribution in [-0.4, -0.2) is 30.8 Å². The van der Waals surface area contributed by atoms with Gasteiger partial charge in [-0.15, -0.1) is 0 Å². The Morgan fingerprint density at radius 2 is 2.20 bits per heavy atom. The average molecular weight is 296 g/mol. The number of benzene rings is 1. The highest BCUT2D eigenvalue weighted by atomic mass is 35.5. The van der Waals surface area contributed by atoms with Gasteiger partial charge in [0.25, 0.3) is 0 Å². The van der Waals surface area contributed by atoms with Crippen molar-refractivity contribution in [2.45, 2.75) is 31.0 Å². The standard InChI is InChI=1S/C14H18ClN3O2/c15-9-5-1-2-6-10(9)17-14(19)18-12-11(16)8-4-3-7-20-13(8)12/h1-2,5-6,8,11-13H,3-4,7,16H2,(H2,17,18,19). The molecule has 2 fully saturated rings. The van der Waals surface area contributed by atoms with Crippen LogP contribution in [0.1, 0.15) is 12.8 Å². The number of fused-ring (bicyclic) bond motifs is 1. The molecule has 1 saturated carbocycles. The Morgan fingerprint density at radius 3 is 3.00 bits per heavy atom. The first-order chi connectivity index (χ1) is 9.66. The van der Waals surface area contributed by atoms with Crippen LogP contribution in [0.15, 0.2) is 24.3 Å². The molecule has 0 aromatic heterocycles. The molecule has 0 bridgehead atoms. The van der Waals surface area contributed by atoms with Crippen molar-refractivity contribution in [3.8, 4) is 0 Å². The van der Waals surface area contributed by atoms with E-state index in [1.165, 1.54) is 0 Å². The van der Waals surface area contributed by atoms with Crippen LogP contribution in [0.25, 0.3) is 0 Å². The average Bonchev–Trinajstić information content (AvgIpc) is 2.47. The number of para-hydroxylation sites is 1. The van der Waals surface area contributed by atoms with Crippen molar-refractivity contribution in [3.05, 3.63) is 29.3 Å². The Hall–Kier alpha value is -1.30. The summed E-state index contributed by atoms with van der Waals surface area (Å²) in [6, 6.07) is 6.66. The Morgan fingerprint density at radius 1 is 1.40 bits per heavy atom. The van der Waals surface area contributed by atoms with Crippen molar-refractivity contribution in [2.75, 3.05) is 11.9 Å². The van der Waals surface area contributed by atoms with Crippen LogP contribution < -0.4 is 16.4 Å². The van der Waals surface area contributed by atoms with Gasteiger partial charge in [0, 0.05) is 18.6 Å². The maximum atomic E-state index is 12.0. The van der Waals surface area contributed by atoms with E-state index in [9.17, 15) is 4.79 Å². The van der Waals surface area contributed by atoms with Crippen molar-refractivity contribution in [1.29, 1.82) is 0 Å². The van der Waals surface area contributed by atoms with E-state index in [1.807, 2.05) is 12.1 Å². The van der Waals surface area contributed by atoms with Gasteiger partial charge in [0.1, 0.15) is 0 Å². The number of hydrogen-bond donors (Lipinski definition) is 3. The zero-order chi connectivity index (χ0) is 14.1. The smallest absolute Gasteiger partial charge is 0.319 e. The second-order valence-corrected chi connectivity index (χ2v) is 5.73. The summed E-state index contributed by atoms with van der Waals surface area (Å²) < 4.78 is 5.69. The van der Waals surface area contributed by atoms with Gasteiger partial charge in [0.2, 0.25) is 0 Å². The lowest BCUT2D eigenvalue weighted by Crippen LogP contribution is -2.72. The predicted molar refractivity (Wildman–Crippen MR) is 77.8 cm³/mol. The molecule has 0 radical (unpaired) electrons. The number of nitrogens with one attached hydrogen (secondary N) is 2. The van der Waals surface area contributed by atoms with E-state index in [2.05, 4.69) is 10.6 Å². The molecule has 3 rings (SSSR count). The number of anilines is 1. The first kappa shape index (κ1) is 13.7. The maximum absolute atomic E-state index is 12.0. The van der Waals surface area contributed by atoms with Crippen LogP contribution in [-0.2, 0) is 4.74 Å². The van der Waals surface area contributed by atoms with Crippen molar-refractivity contribution >= 4 is 23.3 Å². The molecule has 4 unspecified atom stereocenters. The molecule has 4 atom stereocenters. The minimum atomic E-state index is -0.300. The van der Waals surface area contributed by atoms with Crippen LogP contribution in [0.2, 0.25) is 5.02 Å². The fourth-order valence-electron chi connectivity index (χ4n) is 3.00. The molecule has 4 N–H and O–H groups in total. The van der Waals surface area contributed by atoms with E-state index in [0.29, 0.717) is 16.6 Å². The van der Waals surface area contributed by atoms with Crippen molar-refractivity contribution in [2.24, 2.45) is 11.7 Å². The second-order valence-electron chi connectivity index (χ2n) is 5.32. The molecular weight excluding hydrogens is 278 g/mol. The molecule has 2 aliphatic rings. The molecule has 2 amide bonds. The summed E-state index contributed by atoms with van der Waals surface area (Å²) in [6.45, 7) is 0.748. The van der Waals surface area contributed by atoms with Crippen LogP contribution >= 0.6 is 11.6 Å². The van der Waals surface area contributed by atoms with Crippen molar-refractivity contribution in [1.82, 2.24) is 5.32 Å². The third-order valence-corrected chi connectivity index (χ3v) is 4.43. The zero-order valence-electron chi connectivity index (χ0n) is 11.0. The Bertz CT molecular complexity index is 511. The van der Waals surface area contributed by atoms with Crippen molar-refractivity contribution in [3.63, 3.8) is 0 Å². The number of carbonyl (C=O) groups excluding carboxylic acids is 1. The molecule has 20 heavy (non-hydrogen) atoms. The van der Waals surface area contributed by atoms with Crippen LogP contribution in [0, 0.1) is 5.92 Å². The lowest BCUT2D eigenvalue weighted by molar-refractivity contribution is -0.116. The topological polar surface area (TPSA) is 76.4 Å². The first-order valence-electron chi connectivity index (χ1n) is 6.86. The molecule has 6 heteroatoms. The van der Waals surface area contributed by atoms with Crippen LogP contribution in [0.4, 0.5) is 10.5 Å². The largest absolute Gasteiger partial charge is 0.376 e. The van der Waals surface area contributed by atoms with E-state index in [0.717, 1.165) is 19.4 Å². The lowest BCUT2D eigenvalue weighted by Gasteiger charge is -2.52. The highest BCUT2D eigenvalue weighted by Crippen LogP contribution is 2.37. The normalized spacial score (nSPS) is 31.9. The second kappa shape index (κ2) is 5.60. The third kappa shape index (κ3) is 2.49. The van der Waals surface area contributed by atoms with E-state index < -0.39 is 0 Å². The number of carbonyl (C=O) groups is 1. The zero-order valence-corrected chi connectivity index (χ0v) is 11.8. The van der Waals surface area contributed by atoms with Gasteiger partial charge in [-0.05, 0) is 25.0 Å². The summed E-state index contributed by atoms with van der Waals surface area (Å²) in [6.07, 6.45) is 2.18. The fourth-order valence-corrected chi connectivity index (χ4v) is 3.18. The maximum Gasteiger partial charge on any atom is 0.319 e. The molecule has 1 heterocycles. The molecule has 1 aromatic carbocycles. The third-order valence-electron chi connectivity index (χ3n) is 4.10. The predicted octanol–water partition coefficient (Wildman–Crippen LogP) is 1.97. The summed E-state index contributed by atoms with van der Waals surface area (Å²) in [5.74, 6) is 0.370. The van der Waals surface area contributed by atoms with Gasteiger partial charge in [-0.25, -0.2) is 4.79 Å². The summed E-state index contributed by atoms with van der Waals surface area (Å²) in [5.41, 5.74) is 6.68. The minimum absolute atomic E-state index is 0.0303. The first-order valence-corrected chi connectivity index (χ1v) is 7.24. The number of halogens is 1. The number of amides is 2. The van der Waals surface area contributed by atoms with Gasteiger partial charge >= 0.3 is 6.03 Å². The summed E-state index contributed by atoms with van der Waals surface area (Å²) in [7, 11) is 0. The van der Waals surface area contributed by atoms with Gasteiger partial charge in [-0.1, -0.05) is 23.7 Å². The summed E-state index contributed by atoms with van der Waals surface area (Å²) in [4.78, 5) is 12.0. The lowest BCUT2D eigenvalue weighted by atomic mass is 9.69. The number of hydrogen-bond acceptors (Lipinski definition) is 3. The van der Waals surface area contributed by atoms with Gasteiger partial charge in [-0.3, -0.25) is 0 Å². The Labute approximate surface area is 122 Å². The van der Waals surface area contributed by atoms with Crippen LogP contribution in [0.5, 0.6) is 0 Å². The van der Waals surface area contributed by atoms with E-state index in [-0.39, 0.29) is 24.2 Å². The van der Waals surface area contributed by atoms with Crippen LogP contribution in [0.3, 0.4) is 0 Å². The molecule has 5 nitrogen and oxygen atoms in total. The molecule has 108 valence electrons.